The zero-order valence-corrected chi connectivity index (χ0v) is 12.7. The molecule has 112 valence electrons. The van der Waals surface area contributed by atoms with E-state index in [4.69, 9.17) is 5.11 Å². The van der Waals surface area contributed by atoms with Crippen LogP contribution in [-0.2, 0) is 4.79 Å². The smallest absolute Gasteiger partial charge is 0.239 e. The zero-order chi connectivity index (χ0) is 14.3. The molecule has 1 rings (SSSR count). The van der Waals surface area contributed by atoms with Crippen molar-refractivity contribution in [1.29, 1.82) is 0 Å². The van der Waals surface area contributed by atoms with Gasteiger partial charge in [0.2, 0.25) is 5.91 Å². The van der Waals surface area contributed by atoms with Gasteiger partial charge in [0.15, 0.2) is 0 Å². The van der Waals surface area contributed by atoms with E-state index in [1.165, 1.54) is 0 Å². The molecule has 0 aromatic rings. The van der Waals surface area contributed by atoms with Gasteiger partial charge in [0, 0.05) is 25.7 Å². The first-order valence-corrected chi connectivity index (χ1v) is 7.74. The quantitative estimate of drug-likeness (QED) is 0.707. The second-order valence-electron chi connectivity index (χ2n) is 5.97. The molecule has 19 heavy (non-hydrogen) atoms. The van der Waals surface area contributed by atoms with Crippen molar-refractivity contribution in [3.8, 4) is 0 Å². The Morgan fingerprint density at radius 3 is 2.74 bits per heavy atom. The Bertz CT molecular complexity index is 263. The van der Waals surface area contributed by atoms with Crippen LogP contribution in [-0.4, -0.2) is 47.7 Å². The third-order valence-electron chi connectivity index (χ3n) is 3.78. The van der Waals surface area contributed by atoms with E-state index in [2.05, 4.69) is 26.1 Å². The molecule has 2 unspecified atom stereocenters. The number of hydrogen-bond acceptors (Lipinski definition) is 3. The summed E-state index contributed by atoms with van der Waals surface area (Å²) in [6, 6.07) is 0.336. The van der Waals surface area contributed by atoms with E-state index >= 15 is 0 Å². The van der Waals surface area contributed by atoms with E-state index in [1.807, 2.05) is 4.90 Å². The maximum absolute atomic E-state index is 12.4. The van der Waals surface area contributed by atoms with Crippen molar-refractivity contribution in [3.05, 3.63) is 0 Å². The lowest BCUT2D eigenvalue weighted by Gasteiger charge is -2.35. The number of nitrogens with zero attached hydrogens (tertiary/aromatic N) is 1. The van der Waals surface area contributed by atoms with Gasteiger partial charge in [0.05, 0.1) is 6.04 Å². The molecule has 0 saturated carbocycles. The Kier molecular flexibility index (Phi) is 7.39. The highest BCUT2D eigenvalue weighted by atomic mass is 16.3. The molecule has 0 aromatic carbocycles. The van der Waals surface area contributed by atoms with Crippen molar-refractivity contribution in [2.75, 3.05) is 19.7 Å². The van der Waals surface area contributed by atoms with E-state index in [1.54, 1.807) is 0 Å². The standard InChI is InChI=1S/C15H30N2O2/c1-4-6-13(8-10-18)11-17-9-5-7-14(15(17)19)16-12(2)3/h12-14,16,18H,4-11H2,1-3H3. The van der Waals surface area contributed by atoms with E-state index in [0.29, 0.717) is 12.0 Å². The second-order valence-corrected chi connectivity index (χ2v) is 5.97. The van der Waals surface area contributed by atoms with Gasteiger partial charge in [0.25, 0.3) is 0 Å². The number of aliphatic hydroxyl groups is 1. The fourth-order valence-corrected chi connectivity index (χ4v) is 2.91. The van der Waals surface area contributed by atoms with Gasteiger partial charge in [-0.3, -0.25) is 4.79 Å². The Morgan fingerprint density at radius 2 is 2.16 bits per heavy atom. The van der Waals surface area contributed by atoms with Crippen LogP contribution in [0.5, 0.6) is 0 Å². The molecule has 1 heterocycles. The lowest BCUT2D eigenvalue weighted by Crippen LogP contribution is -2.53. The Hall–Kier alpha value is -0.610. The molecule has 0 radical (unpaired) electrons. The second kappa shape index (κ2) is 8.54. The molecule has 4 nitrogen and oxygen atoms in total. The van der Waals surface area contributed by atoms with Crippen LogP contribution < -0.4 is 5.32 Å². The van der Waals surface area contributed by atoms with Crippen molar-refractivity contribution in [2.45, 2.75) is 65.0 Å². The topological polar surface area (TPSA) is 52.6 Å². The lowest BCUT2D eigenvalue weighted by molar-refractivity contribution is -0.137. The minimum atomic E-state index is -0.00912. The van der Waals surface area contributed by atoms with Gasteiger partial charge in [-0.25, -0.2) is 0 Å². The highest BCUT2D eigenvalue weighted by Gasteiger charge is 2.29. The zero-order valence-electron chi connectivity index (χ0n) is 12.7. The average Bonchev–Trinajstić information content (AvgIpc) is 2.34. The van der Waals surface area contributed by atoms with Crippen LogP contribution in [0.4, 0.5) is 0 Å². The molecule has 0 aliphatic carbocycles. The van der Waals surface area contributed by atoms with Crippen LogP contribution in [0.2, 0.25) is 0 Å². The molecule has 1 aliphatic rings. The molecule has 4 heteroatoms. The van der Waals surface area contributed by atoms with Gasteiger partial charge < -0.3 is 15.3 Å². The van der Waals surface area contributed by atoms with E-state index in [9.17, 15) is 4.79 Å². The Balaban J connectivity index is 2.53. The molecule has 2 atom stereocenters. The van der Waals surface area contributed by atoms with Crippen LogP contribution in [0.15, 0.2) is 0 Å². The van der Waals surface area contributed by atoms with Gasteiger partial charge >= 0.3 is 0 Å². The van der Waals surface area contributed by atoms with Crippen molar-refractivity contribution >= 4 is 5.91 Å². The first-order valence-electron chi connectivity index (χ1n) is 7.74. The third-order valence-corrected chi connectivity index (χ3v) is 3.78. The van der Waals surface area contributed by atoms with Crippen molar-refractivity contribution in [2.24, 2.45) is 5.92 Å². The summed E-state index contributed by atoms with van der Waals surface area (Å²) in [5.41, 5.74) is 0. The molecule has 0 bridgehead atoms. The number of aliphatic hydroxyl groups excluding tert-OH is 1. The van der Waals surface area contributed by atoms with Gasteiger partial charge in [-0.05, 0) is 31.6 Å². The van der Waals surface area contributed by atoms with Gasteiger partial charge in [0.1, 0.15) is 0 Å². The van der Waals surface area contributed by atoms with Gasteiger partial charge in [-0.2, -0.15) is 0 Å². The molecule has 1 fully saturated rings. The molecule has 1 amide bonds. The Morgan fingerprint density at radius 1 is 1.42 bits per heavy atom. The number of likely N-dealkylation sites (tertiary alicyclic amines) is 1. The van der Waals surface area contributed by atoms with E-state index in [0.717, 1.165) is 45.2 Å². The predicted octanol–water partition coefficient (Wildman–Crippen LogP) is 1.77. The predicted molar refractivity (Wildman–Crippen MR) is 78.0 cm³/mol. The summed E-state index contributed by atoms with van der Waals surface area (Å²) in [5, 5.41) is 12.5. The molecule has 1 saturated heterocycles. The molecule has 1 aliphatic heterocycles. The molecular weight excluding hydrogens is 240 g/mol. The molecule has 0 spiro atoms. The lowest BCUT2D eigenvalue weighted by atomic mass is 9.97. The van der Waals surface area contributed by atoms with Crippen LogP contribution in [0.1, 0.15) is 52.9 Å². The fourth-order valence-electron chi connectivity index (χ4n) is 2.91. The van der Waals surface area contributed by atoms with Gasteiger partial charge in [-0.15, -0.1) is 0 Å². The number of amides is 1. The van der Waals surface area contributed by atoms with Crippen molar-refractivity contribution in [1.82, 2.24) is 10.2 Å². The number of hydrogen-bond donors (Lipinski definition) is 2. The van der Waals surface area contributed by atoms with Crippen LogP contribution in [0, 0.1) is 5.92 Å². The highest BCUT2D eigenvalue weighted by molar-refractivity contribution is 5.82. The van der Waals surface area contributed by atoms with Crippen LogP contribution >= 0.6 is 0 Å². The number of nitrogens with one attached hydrogen (secondary N) is 1. The molecule has 0 aromatic heterocycles. The monoisotopic (exact) mass is 270 g/mol. The molecular formula is C15H30N2O2. The summed E-state index contributed by atoms with van der Waals surface area (Å²) in [6.07, 6.45) is 5.03. The summed E-state index contributed by atoms with van der Waals surface area (Å²) < 4.78 is 0. The third kappa shape index (κ3) is 5.49. The summed E-state index contributed by atoms with van der Waals surface area (Å²) >= 11 is 0. The highest BCUT2D eigenvalue weighted by Crippen LogP contribution is 2.18. The maximum atomic E-state index is 12.4. The minimum absolute atomic E-state index is 0.00912. The SMILES string of the molecule is CCCC(CCO)CN1CCCC(NC(C)C)C1=O. The van der Waals surface area contributed by atoms with Crippen molar-refractivity contribution < 1.29 is 9.90 Å². The molecule has 2 N–H and O–H groups in total. The maximum Gasteiger partial charge on any atom is 0.239 e. The average molecular weight is 270 g/mol. The number of piperidine rings is 1. The van der Waals surface area contributed by atoms with Crippen molar-refractivity contribution in [3.63, 3.8) is 0 Å². The van der Waals surface area contributed by atoms with E-state index < -0.39 is 0 Å². The first kappa shape index (κ1) is 16.4. The largest absolute Gasteiger partial charge is 0.396 e. The summed E-state index contributed by atoms with van der Waals surface area (Å²) in [6.45, 7) is 8.23. The van der Waals surface area contributed by atoms with Gasteiger partial charge in [-0.1, -0.05) is 27.2 Å². The summed E-state index contributed by atoms with van der Waals surface area (Å²) in [5.74, 6) is 0.691. The number of carbonyl (C=O) groups excluding carboxylic acids is 1. The summed E-state index contributed by atoms with van der Waals surface area (Å²) in [7, 11) is 0. The minimum Gasteiger partial charge on any atom is -0.396 e. The number of rotatable bonds is 8. The fraction of sp³-hybridized carbons (Fsp3) is 0.933. The Labute approximate surface area is 117 Å². The first-order chi connectivity index (χ1) is 9.08. The summed E-state index contributed by atoms with van der Waals surface area (Å²) in [4.78, 5) is 14.4. The van der Waals surface area contributed by atoms with E-state index in [-0.39, 0.29) is 18.6 Å². The van der Waals surface area contributed by atoms with Crippen LogP contribution in [0.3, 0.4) is 0 Å². The number of carbonyl (C=O) groups is 1. The normalized spacial score (nSPS) is 22.1. The van der Waals surface area contributed by atoms with Crippen LogP contribution in [0.25, 0.3) is 0 Å².